The fraction of sp³-hybridized carbons (Fsp3) is 0.312. The number of amidine groups is 1. The number of aromatic nitrogens is 2. The molecule has 6 heteroatoms. The van der Waals surface area contributed by atoms with Gasteiger partial charge < -0.3 is 15.4 Å². The summed E-state index contributed by atoms with van der Waals surface area (Å²) in [5, 5.41) is 0. The molecule has 22 heavy (non-hydrogen) atoms. The summed E-state index contributed by atoms with van der Waals surface area (Å²) in [6, 6.07) is 8.31. The van der Waals surface area contributed by atoms with Crippen LogP contribution in [0.1, 0.15) is 16.7 Å². The highest BCUT2D eigenvalue weighted by Gasteiger charge is 2.24. The second kappa shape index (κ2) is 5.38. The van der Waals surface area contributed by atoms with Crippen molar-refractivity contribution < 1.29 is 4.74 Å². The van der Waals surface area contributed by atoms with Gasteiger partial charge in [0.2, 0.25) is 0 Å². The van der Waals surface area contributed by atoms with Crippen molar-refractivity contribution in [2.45, 2.75) is 6.42 Å². The summed E-state index contributed by atoms with van der Waals surface area (Å²) in [7, 11) is 0. The first-order valence-corrected chi connectivity index (χ1v) is 7.42. The lowest BCUT2D eigenvalue weighted by molar-refractivity contribution is 0.0683. The molecule has 0 spiro atoms. The highest BCUT2D eigenvalue weighted by molar-refractivity contribution is 6.02. The fourth-order valence-corrected chi connectivity index (χ4v) is 2.94. The Hall–Kier alpha value is -2.47. The van der Waals surface area contributed by atoms with Crippen LogP contribution in [0.25, 0.3) is 0 Å². The average Bonchev–Trinajstić information content (AvgIpc) is 2.74. The number of nitrogens with zero attached hydrogens (tertiary/aromatic N) is 4. The minimum atomic E-state index is 0.506. The smallest absolute Gasteiger partial charge is 0.163 e. The van der Waals surface area contributed by atoms with Crippen LogP contribution in [-0.2, 0) is 11.2 Å². The Balaban J connectivity index is 1.89. The molecule has 6 nitrogen and oxygen atoms in total. The third-order valence-electron chi connectivity index (χ3n) is 4.10. The molecule has 0 bridgehead atoms. The number of ether oxygens (including phenoxy) is 1. The molecule has 1 fully saturated rings. The van der Waals surface area contributed by atoms with Gasteiger partial charge in [-0.15, -0.1) is 0 Å². The maximum atomic E-state index is 6.04. The molecule has 112 valence electrons. The Morgan fingerprint density at radius 1 is 1.09 bits per heavy atom. The van der Waals surface area contributed by atoms with Crippen LogP contribution in [0, 0.1) is 0 Å². The summed E-state index contributed by atoms with van der Waals surface area (Å²) in [5.74, 6) is 2.13. The van der Waals surface area contributed by atoms with Gasteiger partial charge in [0.1, 0.15) is 18.0 Å². The number of nitrogen functional groups attached to an aromatic ring is 1. The topological polar surface area (TPSA) is 76.6 Å². The third kappa shape index (κ3) is 2.21. The number of hydrogen-bond donors (Lipinski definition) is 1. The summed E-state index contributed by atoms with van der Waals surface area (Å²) in [4.78, 5) is 15.5. The van der Waals surface area contributed by atoms with Gasteiger partial charge in [0, 0.05) is 30.6 Å². The van der Waals surface area contributed by atoms with E-state index in [9.17, 15) is 0 Å². The van der Waals surface area contributed by atoms with Crippen LogP contribution in [0.3, 0.4) is 0 Å². The second-order valence-electron chi connectivity index (χ2n) is 5.43. The lowest BCUT2D eigenvalue weighted by Crippen LogP contribution is -2.41. The van der Waals surface area contributed by atoms with Gasteiger partial charge in [-0.2, -0.15) is 0 Å². The van der Waals surface area contributed by atoms with Gasteiger partial charge in [0.25, 0.3) is 0 Å². The Kier molecular flexibility index (Phi) is 3.23. The zero-order valence-corrected chi connectivity index (χ0v) is 12.2. The molecule has 0 radical (unpaired) electrons. The van der Waals surface area contributed by atoms with E-state index in [2.05, 4.69) is 27.0 Å². The van der Waals surface area contributed by atoms with E-state index in [0.717, 1.165) is 43.3 Å². The van der Waals surface area contributed by atoms with Crippen LogP contribution < -0.4 is 5.73 Å². The molecule has 1 aromatic carbocycles. The van der Waals surface area contributed by atoms with Crippen molar-refractivity contribution in [3.63, 3.8) is 0 Å². The number of benzene rings is 1. The molecule has 4 rings (SSSR count). The van der Waals surface area contributed by atoms with Crippen molar-refractivity contribution in [1.29, 1.82) is 0 Å². The van der Waals surface area contributed by atoms with E-state index in [-0.39, 0.29) is 0 Å². The van der Waals surface area contributed by atoms with Gasteiger partial charge in [0.15, 0.2) is 5.82 Å². The molecule has 0 atom stereocenters. The normalized spacial score (nSPS) is 17.3. The molecule has 0 unspecified atom stereocenters. The van der Waals surface area contributed by atoms with E-state index in [1.807, 2.05) is 12.1 Å². The van der Waals surface area contributed by atoms with Gasteiger partial charge in [-0.1, -0.05) is 24.3 Å². The summed E-state index contributed by atoms with van der Waals surface area (Å²) >= 11 is 0. The van der Waals surface area contributed by atoms with Gasteiger partial charge in [-0.3, -0.25) is 0 Å². The maximum Gasteiger partial charge on any atom is 0.163 e. The van der Waals surface area contributed by atoms with Crippen LogP contribution >= 0.6 is 0 Å². The molecule has 0 aliphatic carbocycles. The van der Waals surface area contributed by atoms with E-state index >= 15 is 0 Å². The predicted molar refractivity (Wildman–Crippen MR) is 84.3 cm³/mol. The monoisotopic (exact) mass is 295 g/mol. The number of rotatable bonds is 0. The van der Waals surface area contributed by atoms with Crippen LogP contribution in [-0.4, -0.2) is 47.0 Å². The predicted octanol–water partition coefficient (Wildman–Crippen LogP) is 1.37. The number of nitrogens with two attached hydrogens (primary N) is 1. The van der Waals surface area contributed by atoms with E-state index in [0.29, 0.717) is 18.1 Å². The standard InChI is InChI=1S/C16H17N5O/c17-14-13-9-11-3-1-2-4-12(11)16(20-15(13)19-10-18-14)21-5-7-22-8-6-21/h1-4,10H,5-9H2,(H2,17,18,19). The minimum Gasteiger partial charge on any atom is -0.383 e. The Morgan fingerprint density at radius 2 is 1.91 bits per heavy atom. The van der Waals surface area contributed by atoms with Gasteiger partial charge in [-0.25, -0.2) is 15.0 Å². The maximum absolute atomic E-state index is 6.04. The molecule has 2 aliphatic heterocycles. The van der Waals surface area contributed by atoms with E-state index < -0.39 is 0 Å². The first-order valence-electron chi connectivity index (χ1n) is 7.42. The molecular formula is C16H17N5O. The molecule has 2 N–H and O–H groups in total. The van der Waals surface area contributed by atoms with Crippen molar-refractivity contribution in [1.82, 2.24) is 14.9 Å². The lowest BCUT2D eigenvalue weighted by atomic mass is 10.0. The summed E-state index contributed by atoms with van der Waals surface area (Å²) < 4.78 is 5.46. The summed E-state index contributed by atoms with van der Waals surface area (Å²) in [6.07, 6.45) is 2.18. The van der Waals surface area contributed by atoms with Crippen molar-refractivity contribution in [3.8, 4) is 0 Å². The molecule has 1 saturated heterocycles. The first-order chi connectivity index (χ1) is 10.8. The zero-order chi connectivity index (χ0) is 14.9. The SMILES string of the molecule is Nc1ncnc2c1Cc1ccccc1C(N1CCOCC1)=N2. The minimum absolute atomic E-state index is 0.506. The van der Waals surface area contributed by atoms with Crippen LogP contribution in [0.4, 0.5) is 11.6 Å². The van der Waals surface area contributed by atoms with Crippen molar-refractivity contribution >= 4 is 17.5 Å². The van der Waals surface area contributed by atoms with Crippen molar-refractivity contribution in [2.24, 2.45) is 4.99 Å². The third-order valence-corrected chi connectivity index (χ3v) is 4.10. The molecule has 2 aromatic rings. The molecule has 1 aromatic heterocycles. The molecule has 0 saturated carbocycles. The highest BCUT2D eigenvalue weighted by Crippen LogP contribution is 2.30. The van der Waals surface area contributed by atoms with E-state index in [1.165, 1.54) is 11.9 Å². The number of morpholine rings is 1. The van der Waals surface area contributed by atoms with Crippen molar-refractivity contribution in [2.75, 3.05) is 32.0 Å². The van der Waals surface area contributed by atoms with Crippen LogP contribution in [0.5, 0.6) is 0 Å². The fourth-order valence-electron chi connectivity index (χ4n) is 2.94. The van der Waals surface area contributed by atoms with Gasteiger partial charge in [0.05, 0.1) is 13.2 Å². The number of aliphatic imine (C=N–C) groups is 1. The molecule has 3 heterocycles. The zero-order valence-electron chi connectivity index (χ0n) is 12.2. The van der Waals surface area contributed by atoms with Gasteiger partial charge >= 0.3 is 0 Å². The molecule has 0 amide bonds. The van der Waals surface area contributed by atoms with Gasteiger partial charge in [-0.05, 0) is 5.56 Å². The molecular weight excluding hydrogens is 278 g/mol. The summed E-state index contributed by atoms with van der Waals surface area (Å²) in [6.45, 7) is 3.12. The van der Waals surface area contributed by atoms with Crippen LogP contribution in [0.15, 0.2) is 35.6 Å². The number of hydrogen-bond acceptors (Lipinski definition) is 6. The largest absolute Gasteiger partial charge is 0.383 e. The molecule has 2 aliphatic rings. The highest BCUT2D eigenvalue weighted by atomic mass is 16.5. The van der Waals surface area contributed by atoms with E-state index in [1.54, 1.807) is 0 Å². The average molecular weight is 295 g/mol. The first kappa shape index (κ1) is 13.2. The number of anilines is 1. The summed E-state index contributed by atoms with van der Waals surface area (Å²) in [5.41, 5.74) is 9.28. The second-order valence-corrected chi connectivity index (χ2v) is 5.43. The Bertz CT molecular complexity index is 737. The van der Waals surface area contributed by atoms with Crippen LogP contribution in [0.2, 0.25) is 0 Å². The number of fused-ring (bicyclic) bond motifs is 2. The van der Waals surface area contributed by atoms with Crippen molar-refractivity contribution in [3.05, 3.63) is 47.3 Å². The lowest BCUT2D eigenvalue weighted by Gasteiger charge is -2.30. The quantitative estimate of drug-likeness (QED) is 0.794. The van der Waals surface area contributed by atoms with E-state index in [4.69, 9.17) is 15.5 Å². The Morgan fingerprint density at radius 3 is 2.77 bits per heavy atom. The Labute approximate surface area is 128 Å².